The highest BCUT2D eigenvalue weighted by atomic mass is 16.5. The van der Waals surface area contributed by atoms with E-state index in [1.807, 2.05) is 6.92 Å². The van der Waals surface area contributed by atoms with Crippen LogP contribution in [0.2, 0.25) is 0 Å². The lowest BCUT2D eigenvalue weighted by Gasteiger charge is -2.09. The summed E-state index contributed by atoms with van der Waals surface area (Å²) in [6.07, 6.45) is 1.83. The Kier molecular flexibility index (Phi) is 9.08. The molecule has 0 aromatic rings. The third-order valence-electron chi connectivity index (χ3n) is 2.08. The fourth-order valence-electron chi connectivity index (χ4n) is 1.15. The monoisotopic (exact) mass is 248 g/mol. The van der Waals surface area contributed by atoms with Gasteiger partial charge in [0.25, 0.3) is 0 Å². The standard InChI is InChI=1S/C10H20N2O5/c1-2-7-17-10(15)11-6-4-3-5-8(12-16)9(13)14/h8,12,16H,2-7H2,1H3,(H,11,15)(H,13,14). The number of unbranched alkanes of at least 4 members (excludes halogenated alkanes) is 1. The van der Waals surface area contributed by atoms with Gasteiger partial charge in [0.05, 0.1) is 6.61 Å². The summed E-state index contributed by atoms with van der Waals surface area (Å²) in [6.45, 7) is 2.73. The molecule has 0 rings (SSSR count). The Morgan fingerprint density at radius 3 is 2.59 bits per heavy atom. The molecule has 0 saturated heterocycles. The first-order valence-electron chi connectivity index (χ1n) is 5.64. The predicted molar refractivity (Wildman–Crippen MR) is 59.8 cm³/mol. The fraction of sp³-hybridized carbons (Fsp3) is 0.800. The molecule has 0 bridgehead atoms. The number of alkyl carbamates (subject to hydrolysis) is 1. The molecule has 0 aliphatic carbocycles. The fourth-order valence-corrected chi connectivity index (χ4v) is 1.15. The molecule has 0 aliphatic heterocycles. The topological polar surface area (TPSA) is 108 Å². The van der Waals surface area contributed by atoms with E-state index >= 15 is 0 Å². The molecular formula is C10H20N2O5. The molecule has 0 heterocycles. The first-order chi connectivity index (χ1) is 8.11. The lowest BCUT2D eigenvalue weighted by molar-refractivity contribution is -0.142. The molecule has 0 aromatic carbocycles. The van der Waals surface area contributed by atoms with Crippen LogP contribution in [-0.4, -0.2) is 41.6 Å². The van der Waals surface area contributed by atoms with E-state index in [2.05, 4.69) is 5.32 Å². The Morgan fingerprint density at radius 2 is 2.06 bits per heavy atom. The van der Waals surface area contributed by atoms with Gasteiger partial charge in [0.2, 0.25) is 0 Å². The number of carboxylic acids is 1. The number of carboxylic acid groups (broad SMARTS) is 1. The maximum absolute atomic E-state index is 11.0. The van der Waals surface area contributed by atoms with E-state index in [4.69, 9.17) is 15.1 Å². The van der Waals surface area contributed by atoms with Gasteiger partial charge in [-0.2, -0.15) is 5.48 Å². The van der Waals surface area contributed by atoms with Crippen LogP contribution in [0.3, 0.4) is 0 Å². The Labute approximate surface area is 100 Å². The van der Waals surface area contributed by atoms with Crippen molar-refractivity contribution in [2.75, 3.05) is 13.2 Å². The molecule has 0 saturated carbocycles. The number of nitrogens with one attached hydrogen (secondary N) is 2. The second-order valence-corrected chi connectivity index (χ2v) is 3.58. The molecule has 0 spiro atoms. The molecule has 0 aromatic heterocycles. The van der Waals surface area contributed by atoms with Gasteiger partial charge in [-0.15, -0.1) is 0 Å². The summed E-state index contributed by atoms with van der Waals surface area (Å²) in [5.41, 5.74) is 1.72. The van der Waals surface area contributed by atoms with Gasteiger partial charge in [0, 0.05) is 6.54 Å². The van der Waals surface area contributed by atoms with Crippen LogP contribution in [0.4, 0.5) is 4.79 Å². The molecule has 7 nitrogen and oxygen atoms in total. The Morgan fingerprint density at radius 1 is 1.35 bits per heavy atom. The van der Waals surface area contributed by atoms with Crippen LogP contribution in [0.5, 0.6) is 0 Å². The lowest BCUT2D eigenvalue weighted by atomic mass is 10.1. The van der Waals surface area contributed by atoms with Crippen LogP contribution in [0.25, 0.3) is 0 Å². The van der Waals surface area contributed by atoms with Crippen molar-refractivity contribution < 1.29 is 24.6 Å². The van der Waals surface area contributed by atoms with Crippen LogP contribution < -0.4 is 10.8 Å². The van der Waals surface area contributed by atoms with Gasteiger partial charge in [-0.05, 0) is 25.7 Å². The smallest absolute Gasteiger partial charge is 0.407 e. The molecule has 1 amide bonds. The number of amides is 1. The van der Waals surface area contributed by atoms with E-state index in [9.17, 15) is 9.59 Å². The highest BCUT2D eigenvalue weighted by Crippen LogP contribution is 2.00. The average Bonchev–Trinajstić information content (AvgIpc) is 2.30. The summed E-state index contributed by atoms with van der Waals surface area (Å²) >= 11 is 0. The van der Waals surface area contributed by atoms with Crippen LogP contribution in [0.15, 0.2) is 0 Å². The molecule has 0 fully saturated rings. The van der Waals surface area contributed by atoms with Crippen LogP contribution in [0.1, 0.15) is 32.6 Å². The Balaban J connectivity index is 3.45. The number of hydroxylamine groups is 1. The van der Waals surface area contributed by atoms with Crippen molar-refractivity contribution in [1.82, 2.24) is 10.8 Å². The minimum atomic E-state index is -1.09. The van der Waals surface area contributed by atoms with Gasteiger partial charge >= 0.3 is 12.1 Å². The molecule has 0 radical (unpaired) electrons. The lowest BCUT2D eigenvalue weighted by Crippen LogP contribution is -2.34. The van der Waals surface area contributed by atoms with Crippen molar-refractivity contribution in [2.45, 2.75) is 38.6 Å². The second-order valence-electron chi connectivity index (χ2n) is 3.58. The third kappa shape index (κ3) is 8.47. The van der Waals surface area contributed by atoms with Crippen molar-refractivity contribution in [1.29, 1.82) is 0 Å². The zero-order chi connectivity index (χ0) is 13.1. The molecule has 100 valence electrons. The van der Waals surface area contributed by atoms with Gasteiger partial charge < -0.3 is 20.4 Å². The van der Waals surface area contributed by atoms with Gasteiger partial charge in [-0.1, -0.05) is 6.92 Å². The van der Waals surface area contributed by atoms with Crippen molar-refractivity contribution in [3.8, 4) is 0 Å². The molecular weight excluding hydrogens is 228 g/mol. The van der Waals surface area contributed by atoms with Crippen molar-refractivity contribution in [3.63, 3.8) is 0 Å². The molecule has 0 aliphatic rings. The van der Waals surface area contributed by atoms with E-state index in [0.717, 1.165) is 6.42 Å². The zero-order valence-corrected chi connectivity index (χ0v) is 9.94. The highest BCUT2D eigenvalue weighted by molar-refractivity contribution is 5.73. The van der Waals surface area contributed by atoms with E-state index in [0.29, 0.717) is 32.4 Å². The Bertz CT molecular complexity index is 235. The minimum Gasteiger partial charge on any atom is -0.480 e. The maximum atomic E-state index is 11.0. The molecule has 1 atom stereocenters. The van der Waals surface area contributed by atoms with E-state index in [-0.39, 0.29) is 0 Å². The highest BCUT2D eigenvalue weighted by Gasteiger charge is 2.14. The summed E-state index contributed by atoms with van der Waals surface area (Å²) in [6, 6.07) is -0.956. The first kappa shape index (κ1) is 15.7. The summed E-state index contributed by atoms with van der Waals surface area (Å²) in [5.74, 6) is -1.09. The number of carbonyl (C=O) groups is 2. The third-order valence-corrected chi connectivity index (χ3v) is 2.08. The average molecular weight is 248 g/mol. The summed E-state index contributed by atoms with van der Waals surface area (Å²) < 4.78 is 4.78. The van der Waals surface area contributed by atoms with Gasteiger partial charge in [0.1, 0.15) is 6.04 Å². The molecule has 7 heteroatoms. The predicted octanol–water partition coefficient (Wildman–Crippen LogP) is 0.725. The van der Waals surface area contributed by atoms with Crippen LogP contribution in [0, 0.1) is 0 Å². The summed E-state index contributed by atoms with van der Waals surface area (Å²) in [5, 5.41) is 19.7. The second kappa shape index (κ2) is 9.86. The quantitative estimate of drug-likeness (QED) is 0.354. The number of ether oxygens (including phenoxy) is 1. The van der Waals surface area contributed by atoms with Gasteiger partial charge in [-0.3, -0.25) is 4.79 Å². The molecule has 4 N–H and O–H groups in total. The van der Waals surface area contributed by atoms with E-state index in [1.165, 1.54) is 0 Å². The summed E-state index contributed by atoms with van der Waals surface area (Å²) in [7, 11) is 0. The van der Waals surface area contributed by atoms with Crippen molar-refractivity contribution in [3.05, 3.63) is 0 Å². The minimum absolute atomic E-state index is 0.303. The van der Waals surface area contributed by atoms with E-state index in [1.54, 1.807) is 5.48 Å². The van der Waals surface area contributed by atoms with E-state index < -0.39 is 18.1 Å². The van der Waals surface area contributed by atoms with Crippen molar-refractivity contribution in [2.24, 2.45) is 0 Å². The number of hydrogen-bond acceptors (Lipinski definition) is 5. The van der Waals surface area contributed by atoms with Crippen LogP contribution in [-0.2, 0) is 9.53 Å². The SMILES string of the molecule is CCCOC(=O)NCCCCC(NO)C(=O)O. The number of rotatable bonds is 9. The zero-order valence-electron chi connectivity index (χ0n) is 9.94. The maximum Gasteiger partial charge on any atom is 0.407 e. The Hall–Kier alpha value is -1.34. The normalized spacial score (nSPS) is 11.9. The number of carbonyl (C=O) groups excluding carboxylic acids is 1. The van der Waals surface area contributed by atoms with Crippen LogP contribution >= 0.6 is 0 Å². The van der Waals surface area contributed by atoms with Crippen molar-refractivity contribution >= 4 is 12.1 Å². The van der Waals surface area contributed by atoms with Gasteiger partial charge in [0.15, 0.2) is 0 Å². The molecule has 17 heavy (non-hydrogen) atoms. The number of aliphatic carboxylic acids is 1. The summed E-state index contributed by atoms with van der Waals surface area (Å²) in [4.78, 5) is 21.5. The molecule has 1 unspecified atom stereocenters. The number of hydrogen-bond donors (Lipinski definition) is 4. The largest absolute Gasteiger partial charge is 0.480 e. The van der Waals surface area contributed by atoms with Gasteiger partial charge in [-0.25, -0.2) is 4.79 Å². The first-order valence-corrected chi connectivity index (χ1v) is 5.64.